The predicted molar refractivity (Wildman–Crippen MR) is 110 cm³/mol. The summed E-state index contributed by atoms with van der Waals surface area (Å²) >= 11 is 0. The van der Waals surface area contributed by atoms with Gasteiger partial charge in [-0.2, -0.15) is 9.97 Å². The van der Waals surface area contributed by atoms with Crippen molar-refractivity contribution in [3.05, 3.63) is 11.8 Å². The van der Waals surface area contributed by atoms with E-state index in [1.54, 1.807) is 0 Å². The van der Waals surface area contributed by atoms with E-state index in [1.807, 2.05) is 6.20 Å². The minimum Gasteiger partial charge on any atom is -0.463 e. The smallest absolute Gasteiger partial charge is 0.319 e. The van der Waals surface area contributed by atoms with Crippen LogP contribution in [0, 0.1) is 0 Å². The molecule has 1 aliphatic rings. The van der Waals surface area contributed by atoms with Crippen LogP contribution < -0.4 is 10.5 Å². The number of hydrogen-bond donors (Lipinski definition) is 2. The van der Waals surface area contributed by atoms with Crippen molar-refractivity contribution in [2.45, 2.75) is 45.4 Å². The summed E-state index contributed by atoms with van der Waals surface area (Å²) in [5.41, 5.74) is 9.01. The number of fused-ring (bicyclic) bond motifs is 1. The zero-order valence-electron chi connectivity index (χ0n) is 16.8. The molecular weight excluding hydrogens is 340 g/mol. The molecule has 0 atom stereocenters. The number of likely N-dealkylation sites (N-methyl/N-ethyl adjacent to an activating group) is 1. The maximum atomic E-state index is 6.07. The first-order chi connectivity index (χ1) is 13.2. The number of aryl methyl sites for hydroxylation is 1. The lowest BCUT2D eigenvalue weighted by atomic mass is 10.1. The fraction of sp³-hybridized carbons (Fsp3) is 0.700. The Hall–Kier alpha value is -1.86. The fourth-order valence-corrected chi connectivity index (χ4v) is 3.52. The number of unbranched alkanes of at least 4 members (excludes halogenated alkanes) is 3. The lowest BCUT2D eigenvalue weighted by Crippen LogP contribution is -2.44. The maximum absolute atomic E-state index is 6.07. The number of H-pyrrole nitrogens is 1. The Labute approximate surface area is 162 Å². The number of aromatic amines is 1. The van der Waals surface area contributed by atoms with Crippen LogP contribution in [0.4, 0.5) is 5.82 Å². The summed E-state index contributed by atoms with van der Waals surface area (Å²) in [6, 6.07) is 0.393. The Morgan fingerprint density at radius 3 is 2.70 bits per heavy atom. The Balaban J connectivity index is 1.48. The Kier molecular flexibility index (Phi) is 7.29. The van der Waals surface area contributed by atoms with E-state index in [1.165, 1.54) is 51.1 Å². The molecule has 2 aromatic heterocycles. The highest BCUT2D eigenvalue weighted by Gasteiger charge is 2.14. The molecule has 3 N–H and O–H groups in total. The maximum Gasteiger partial charge on any atom is 0.319 e. The number of nitrogens with zero attached hydrogens (tertiary/aromatic N) is 4. The van der Waals surface area contributed by atoms with Gasteiger partial charge >= 0.3 is 6.01 Å². The molecule has 7 heteroatoms. The van der Waals surface area contributed by atoms with Crippen LogP contribution in [-0.4, -0.2) is 71.1 Å². The van der Waals surface area contributed by atoms with Crippen molar-refractivity contribution in [2.24, 2.45) is 0 Å². The largest absolute Gasteiger partial charge is 0.463 e. The van der Waals surface area contributed by atoms with Gasteiger partial charge in [-0.3, -0.25) is 0 Å². The zero-order chi connectivity index (χ0) is 19.1. The quantitative estimate of drug-likeness (QED) is 0.622. The molecule has 0 saturated carbocycles. The van der Waals surface area contributed by atoms with Crippen molar-refractivity contribution in [2.75, 3.05) is 52.1 Å². The number of rotatable bonds is 10. The van der Waals surface area contributed by atoms with Gasteiger partial charge in [0.2, 0.25) is 0 Å². The Morgan fingerprint density at radius 2 is 1.93 bits per heavy atom. The number of anilines is 1. The molecule has 0 spiro atoms. The summed E-state index contributed by atoms with van der Waals surface area (Å²) in [7, 11) is 2.20. The highest BCUT2D eigenvalue weighted by molar-refractivity contribution is 5.87. The lowest BCUT2D eigenvalue weighted by molar-refractivity contribution is 0.152. The molecule has 0 amide bonds. The number of aromatic nitrogens is 3. The zero-order valence-corrected chi connectivity index (χ0v) is 16.8. The number of ether oxygens (including phenoxy) is 1. The molecule has 0 bridgehead atoms. The van der Waals surface area contributed by atoms with E-state index in [4.69, 9.17) is 10.5 Å². The molecule has 1 saturated heterocycles. The average molecular weight is 375 g/mol. The third-order valence-electron chi connectivity index (χ3n) is 5.36. The van der Waals surface area contributed by atoms with Crippen LogP contribution in [0.25, 0.3) is 11.0 Å². The first kappa shape index (κ1) is 19.9. The van der Waals surface area contributed by atoms with Gasteiger partial charge < -0.3 is 25.3 Å². The molecule has 150 valence electrons. The minimum absolute atomic E-state index is 0.393. The van der Waals surface area contributed by atoms with E-state index in [2.05, 4.69) is 38.7 Å². The van der Waals surface area contributed by atoms with E-state index < -0.39 is 0 Å². The number of hydrogen-bond acceptors (Lipinski definition) is 6. The van der Waals surface area contributed by atoms with Crippen LogP contribution in [0.15, 0.2) is 6.20 Å². The van der Waals surface area contributed by atoms with Gasteiger partial charge in [-0.15, -0.1) is 0 Å². The average Bonchev–Trinajstić information content (AvgIpc) is 3.07. The third-order valence-corrected chi connectivity index (χ3v) is 5.36. The molecule has 1 aliphatic heterocycles. The van der Waals surface area contributed by atoms with Gasteiger partial charge in [-0.05, 0) is 44.8 Å². The van der Waals surface area contributed by atoms with Crippen molar-refractivity contribution in [3.8, 4) is 6.01 Å². The fourth-order valence-electron chi connectivity index (χ4n) is 3.52. The van der Waals surface area contributed by atoms with Crippen molar-refractivity contribution in [1.29, 1.82) is 0 Å². The highest BCUT2D eigenvalue weighted by Crippen LogP contribution is 2.24. The van der Waals surface area contributed by atoms with Crippen molar-refractivity contribution < 1.29 is 4.74 Å². The third kappa shape index (κ3) is 5.56. The molecule has 0 aliphatic carbocycles. The SMILES string of the molecule is CCCCOc1nc(N)c2[nH]cc(CCCCCN3CCN(C)CC3)c2n1. The number of nitrogen functional groups attached to an aromatic ring is 1. The van der Waals surface area contributed by atoms with Crippen LogP contribution in [0.2, 0.25) is 0 Å². The number of nitrogens with two attached hydrogens (primary N) is 1. The molecule has 7 nitrogen and oxygen atoms in total. The summed E-state index contributed by atoms with van der Waals surface area (Å²) in [6.45, 7) is 8.78. The van der Waals surface area contributed by atoms with Crippen molar-refractivity contribution in [1.82, 2.24) is 24.8 Å². The molecular formula is C20H34N6O. The van der Waals surface area contributed by atoms with Crippen LogP contribution in [0.5, 0.6) is 6.01 Å². The molecule has 1 fully saturated rings. The first-order valence-electron chi connectivity index (χ1n) is 10.3. The standard InChI is InChI=1S/C20H34N6O/c1-3-4-14-27-20-23-17-16(15-22-18(17)19(21)24-20)8-6-5-7-9-26-12-10-25(2)11-13-26/h15,22H,3-14H2,1-2H3,(H2,21,23,24). The summed E-state index contributed by atoms with van der Waals surface area (Å²) < 4.78 is 5.65. The normalized spacial score (nSPS) is 16.2. The van der Waals surface area contributed by atoms with Crippen LogP contribution >= 0.6 is 0 Å². The number of piperazine rings is 1. The summed E-state index contributed by atoms with van der Waals surface area (Å²) in [6.07, 6.45) is 8.76. The minimum atomic E-state index is 0.393. The molecule has 0 aromatic carbocycles. The monoisotopic (exact) mass is 374 g/mol. The van der Waals surface area contributed by atoms with Gasteiger partial charge in [0.05, 0.1) is 6.61 Å². The molecule has 27 heavy (non-hydrogen) atoms. The highest BCUT2D eigenvalue weighted by atomic mass is 16.5. The van der Waals surface area contributed by atoms with Crippen molar-refractivity contribution in [3.63, 3.8) is 0 Å². The number of nitrogens with one attached hydrogen (secondary N) is 1. The summed E-state index contributed by atoms with van der Waals surface area (Å²) in [5, 5.41) is 0. The van der Waals surface area contributed by atoms with E-state index in [0.29, 0.717) is 18.4 Å². The van der Waals surface area contributed by atoms with Crippen LogP contribution in [0.3, 0.4) is 0 Å². The van der Waals surface area contributed by atoms with E-state index in [9.17, 15) is 0 Å². The second-order valence-electron chi connectivity index (χ2n) is 7.59. The van der Waals surface area contributed by atoms with Gasteiger partial charge in [-0.1, -0.05) is 19.8 Å². The molecule has 2 aromatic rings. The second kappa shape index (κ2) is 9.90. The van der Waals surface area contributed by atoms with E-state index in [-0.39, 0.29) is 0 Å². The molecule has 3 rings (SSSR count). The van der Waals surface area contributed by atoms with Crippen LogP contribution in [0.1, 0.15) is 44.6 Å². The van der Waals surface area contributed by atoms with Crippen molar-refractivity contribution >= 4 is 16.9 Å². The molecule has 0 unspecified atom stereocenters. The van der Waals surface area contributed by atoms with Crippen LogP contribution in [-0.2, 0) is 6.42 Å². The molecule has 3 heterocycles. The first-order valence-corrected chi connectivity index (χ1v) is 10.3. The predicted octanol–water partition coefficient (Wildman–Crippen LogP) is 2.68. The topological polar surface area (TPSA) is 83.3 Å². The summed E-state index contributed by atoms with van der Waals surface area (Å²) in [5.74, 6) is 0.466. The van der Waals surface area contributed by atoms with Gasteiger partial charge in [0.1, 0.15) is 11.0 Å². The van der Waals surface area contributed by atoms with E-state index >= 15 is 0 Å². The van der Waals surface area contributed by atoms with Gasteiger partial charge in [-0.25, -0.2) is 0 Å². The lowest BCUT2D eigenvalue weighted by Gasteiger charge is -2.32. The van der Waals surface area contributed by atoms with Gasteiger partial charge in [0, 0.05) is 32.4 Å². The van der Waals surface area contributed by atoms with Gasteiger partial charge in [0.15, 0.2) is 5.82 Å². The van der Waals surface area contributed by atoms with Gasteiger partial charge in [0.25, 0.3) is 0 Å². The Morgan fingerprint density at radius 1 is 1.11 bits per heavy atom. The van der Waals surface area contributed by atoms with E-state index in [0.717, 1.165) is 36.7 Å². The summed E-state index contributed by atoms with van der Waals surface area (Å²) in [4.78, 5) is 17.1. The molecule has 0 radical (unpaired) electrons. The Bertz CT molecular complexity index is 708. The second-order valence-corrected chi connectivity index (χ2v) is 7.59.